The third-order valence-corrected chi connectivity index (χ3v) is 0.850. The zero-order chi connectivity index (χ0) is 7.00. The van der Waals surface area contributed by atoms with E-state index >= 15 is 0 Å². The van der Waals surface area contributed by atoms with Crippen molar-refractivity contribution in [3.05, 3.63) is 0 Å². The van der Waals surface area contributed by atoms with Gasteiger partial charge in [-0.1, -0.05) is 0 Å². The minimum Gasteiger partial charge on any atom is -0.741 e. The van der Waals surface area contributed by atoms with Crippen molar-refractivity contribution in [2.24, 2.45) is 0 Å². The van der Waals surface area contributed by atoms with E-state index in [-0.39, 0.29) is 22.4 Å². The Labute approximate surface area is 64.5 Å². The van der Waals surface area contributed by atoms with Crippen molar-refractivity contribution in [3.63, 3.8) is 0 Å². The molecule has 0 atom stereocenters. The third-order valence-electron chi connectivity index (χ3n) is 0.283. The monoisotopic (exact) mass is 346 g/mol. The SMILES string of the molecule is O=S(=O)([O-])C(F)(F)F.[Au+]. The molecule has 0 rings (SSSR count). The largest absolute Gasteiger partial charge is 1.00 e. The molecule has 0 aliphatic heterocycles. The number of halogens is 3. The van der Waals surface area contributed by atoms with Crippen molar-refractivity contribution in [1.82, 2.24) is 0 Å². The maximum Gasteiger partial charge on any atom is 1.00 e. The summed E-state index contributed by atoms with van der Waals surface area (Å²) in [5.41, 5.74) is -5.65. The summed E-state index contributed by atoms with van der Waals surface area (Å²) in [7, 11) is -6.09. The molecule has 0 N–H and O–H groups in total. The molecule has 0 fully saturated rings. The van der Waals surface area contributed by atoms with Crippen LogP contribution in [0.2, 0.25) is 0 Å². The minimum absolute atomic E-state index is 0. The summed E-state index contributed by atoms with van der Waals surface area (Å²) in [4.78, 5) is 0. The molecule has 9 heavy (non-hydrogen) atoms. The fourth-order valence-electron chi connectivity index (χ4n) is 0. The molecule has 3 nitrogen and oxygen atoms in total. The van der Waals surface area contributed by atoms with Crippen LogP contribution < -0.4 is 0 Å². The molecular formula is CAuF3O3S. The van der Waals surface area contributed by atoms with Crippen LogP contribution in [-0.2, 0) is 32.5 Å². The zero-order valence-electron chi connectivity index (χ0n) is 3.57. The number of hydrogen-bond donors (Lipinski definition) is 0. The van der Waals surface area contributed by atoms with E-state index < -0.39 is 15.6 Å². The smallest absolute Gasteiger partial charge is 0.741 e. The standard InChI is InChI=1S/CHF3O3S.Au/c2-1(3,4)8(5,6)7;/h(H,5,6,7);/q;+1/p-1. The van der Waals surface area contributed by atoms with Crippen LogP contribution in [0.15, 0.2) is 0 Å². The van der Waals surface area contributed by atoms with Gasteiger partial charge in [0.1, 0.15) is 0 Å². The summed E-state index contributed by atoms with van der Waals surface area (Å²) < 4.78 is 58.9. The van der Waals surface area contributed by atoms with Gasteiger partial charge in [0.15, 0.2) is 10.1 Å². The molecule has 0 unspecified atom stereocenters. The van der Waals surface area contributed by atoms with Gasteiger partial charge in [-0.05, 0) is 0 Å². The second kappa shape index (κ2) is 3.02. The molecule has 60 valence electrons. The Bertz CT molecular complexity index is 168. The molecule has 8 heteroatoms. The first-order chi connectivity index (χ1) is 3.25. The number of hydrogen-bond acceptors (Lipinski definition) is 3. The summed E-state index contributed by atoms with van der Waals surface area (Å²) in [5, 5.41) is 0. The zero-order valence-corrected chi connectivity index (χ0v) is 6.55. The van der Waals surface area contributed by atoms with Gasteiger partial charge >= 0.3 is 27.9 Å². The van der Waals surface area contributed by atoms with Gasteiger partial charge in [-0.25, -0.2) is 8.42 Å². The fourth-order valence-corrected chi connectivity index (χ4v) is 0. The van der Waals surface area contributed by atoms with E-state index in [0.29, 0.717) is 0 Å². The molecule has 0 heterocycles. The van der Waals surface area contributed by atoms with E-state index in [1.54, 1.807) is 0 Å². The normalized spacial score (nSPS) is 12.4. The first kappa shape index (κ1) is 12.1. The molecule has 0 saturated heterocycles. The molecule has 0 aromatic carbocycles. The van der Waals surface area contributed by atoms with E-state index in [2.05, 4.69) is 0 Å². The molecule has 0 aliphatic rings. The molecular weight excluding hydrogens is 346 g/mol. The molecule has 0 aliphatic carbocycles. The van der Waals surface area contributed by atoms with E-state index in [1.165, 1.54) is 0 Å². The molecule has 0 radical (unpaired) electrons. The van der Waals surface area contributed by atoms with Crippen LogP contribution >= 0.6 is 0 Å². The Kier molecular flexibility index (Phi) is 4.08. The van der Waals surface area contributed by atoms with E-state index in [0.717, 1.165) is 0 Å². The van der Waals surface area contributed by atoms with E-state index in [9.17, 15) is 13.2 Å². The van der Waals surface area contributed by atoms with E-state index in [4.69, 9.17) is 13.0 Å². The van der Waals surface area contributed by atoms with Crippen molar-refractivity contribution >= 4 is 10.1 Å². The summed E-state index contributed by atoms with van der Waals surface area (Å²) in [6.45, 7) is 0. The van der Waals surface area contributed by atoms with Gasteiger partial charge in [0.2, 0.25) is 0 Å². The fraction of sp³-hybridized carbons (Fsp3) is 1.00. The predicted octanol–water partition coefficient (Wildman–Crippen LogP) is 0.0489. The molecule has 0 spiro atoms. The van der Waals surface area contributed by atoms with Crippen molar-refractivity contribution in [1.29, 1.82) is 0 Å². The summed E-state index contributed by atoms with van der Waals surface area (Å²) in [6.07, 6.45) is 0. The minimum atomic E-state index is -6.09. The van der Waals surface area contributed by atoms with Crippen molar-refractivity contribution < 1.29 is 48.5 Å². The maximum absolute atomic E-state index is 10.7. The maximum atomic E-state index is 10.7. The first-order valence-corrected chi connectivity index (χ1v) is 2.68. The van der Waals surface area contributed by atoms with E-state index in [1.807, 2.05) is 0 Å². The van der Waals surface area contributed by atoms with Gasteiger partial charge in [-0.2, -0.15) is 13.2 Å². The average molecular weight is 346 g/mol. The van der Waals surface area contributed by atoms with Crippen LogP contribution in [0.25, 0.3) is 0 Å². The molecule has 0 bridgehead atoms. The van der Waals surface area contributed by atoms with Gasteiger partial charge in [0.25, 0.3) is 0 Å². The second-order valence-corrected chi connectivity index (χ2v) is 2.27. The predicted molar refractivity (Wildman–Crippen MR) is 15.8 cm³/mol. The van der Waals surface area contributed by atoms with Crippen molar-refractivity contribution in [3.8, 4) is 0 Å². The van der Waals surface area contributed by atoms with Gasteiger partial charge in [0.05, 0.1) is 0 Å². The Hall–Kier alpha value is 0.440. The Morgan fingerprint density at radius 1 is 1.22 bits per heavy atom. The average Bonchev–Trinajstić information content (AvgIpc) is 1.25. The van der Waals surface area contributed by atoms with Crippen LogP contribution in [0.1, 0.15) is 0 Å². The van der Waals surface area contributed by atoms with Gasteiger partial charge in [0, 0.05) is 0 Å². The van der Waals surface area contributed by atoms with Gasteiger partial charge in [-0.15, -0.1) is 0 Å². The molecule has 0 amide bonds. The third kappa shape index (κ3) is 3.93. The van der Waals surface area contributed by atoms with Crippen LogP contribution in [0.5, 0.6) is 0 Å². The Balaban J connectivity index is 0. The Morgan fingerprint density at radius 2 is 1.33 bits per heavy atom. The van der Waals surface area contributed by atoms with Crippen LogP contribution in [0.3, 0.4) is 0 Å². The number of alkyl halides is 3. The topological polar surface area (TPSA) is 57.2 Å². The molecule has 0 saturated carbocycles. The summed E-state index contributed by atoms with van der Waals surface area (Å²) >= 11 is 0. The Morgan fingerprint density at radius 3 is 1.33 bits per heavy atom. The van der Waals surface area contributed by atoms with Crippen molar-refractivity contribution in [2.75, 3.05) is 0 Å². The van der Waals surface area contributed by atoms with Gasteiger partial charge < -0.3 is 4.55 Å². The molecule has 0 aromatic heterocycles. The van der Waals surface area contributed by atoms with Crippen LogP contribution in [-0.4, -0.2) is 18.5 Å². The van der Waals surface area contributed by atoms with Crippen LogP contribution in [0.4, 0.5) is 13.2 Å². The summed E-state index contributed by atoms with van der Waals surface area (Å²) in [5.74, 6) is 0. The first-order valence-electron chi connectivity index (χ1n) is 1.27. The molecule has 0 aromatic rings. The van der Waals surface area contributed by atoms with Crippen LogP contribution in [0, 0.1) is 0 Å². The van der Waals surface area contributed by atoms with Crippen molar-refractivity contribution in [2.45, 2.75) is 5.51 Å². The van der Waals surface area contributed by atoms with Gasteiger partial charge in [-0.3, -0.25) is 0 Å². The summed E-state index contributed by atoms with van der Waals surface area (Å²) in [6, 6.07) is 0. The second-order valence-electron chi connectivity index (χ2n) is 0.900. The number of rotatable bonds is 0. The quantitative estimate of drug-likeness (QED) is 0.354.